The number of nitrogens with one attached hydrogen (secondary N) is 1. The molecule has 0 bridgehead atoms. The lowest BCUT2D eigenvalue weighted by atomic mass is 10.2. The summed E-state index contributed by atoms with van der Waals surface area (Å²) >= 11 is 0. The Morgan fingerprint density at radius 1 is 1.31 bits per heavy atom. The van der Waals surface area contributed by atoms with Gasteiger partial charge >= 0.3 is 0 Å². The van der Waals surface area contributed by atoms with Crippen LogP contribution in [0.3, 0.4) is 0 Å². The molecular formula is C10H17FN4O. The van der Waals surface area contributed by atoms with E-state index in [-0.39, 0.29) is 18.4 Å². The van der Waals surface area contributed by atoms with Gasteiger partial charge in [-0.15, -0.1) is 0 Å². The molecule has 0 unspecified atom stereocenters. The summed E-state index contributed by atoms with van der Waals surface area (Å²) in [5, 5.41) is 11.4. The number of nitrogens with zero attached hydrogens (tertiary/aromatic N) is 2. The normalized spacial score (nSPS) is 10.4. The molecule has 90 valence electrons. The van der Waals surface area contributed by atoms with Gasteiger partial charge in [-0.1, -0.05) is 12.8 Å². The highest BCUT2D eigenvalue weighted by Gasteiger charge is 2.03. The number of aromatic nitrogens is 2. The van der Waals surface area contributed by atoms with Crippen molar-refractivity contribution in [2.24, 2.45) is 0 Å². The second kappa shape index (κ2) is 6.95. The molecule has 1 rings (SSSR count). The molecule has 0 saturated carbocycles. The van der Waals surface area contributed by atoms with Crippen molar-refractivity contribution in [3.63, 3.8) is 0 Å². The van der Waals surface area contributed by atoms with Crippen LogP contribution in [0, 0.1) is 5.82 Å². The molecule has 4 N–H and O–H groups in total. The molecule has 0 radical (unpaired) electrons. The average molecular weight is 228 g/mol. The van der Waals surface area contributed by atoms with Gasteiger partial charge in [-0.3, -0.25) is 0 Å². The van der Waals surface area contributed by atoms with Gasteiger partial charge in [0.05, 0.1) is 6.20 Å². The van der Waals surface area contributed by atoms with Crippen LogP contribution in [0.25, 0.3) is 0 Å². The Kier molecular flexibility index (Phi) is 5.49. The number of hydrogen-bond acceptors (Lipinski definition) is 5. The first-order valence-corrected chi connectivity index (χ1v) is 5.37. The predicted octanol–water partition coefficient (Wildman–Crippen LogP) is 1.16. The topological polar surface area (TPSA) is 84.1 Å². The lowest BCUT2D eigenvalue weighted by Crippen LogP contribution is -2.08. The first-order valence-electron chi connectivity index (χ1n) is 5.37. The SMILES string of the molecule is Nc1ncc(F)c(NCCCCCCO)n1. The Labute approximate surface area is 93.9 Å². The Morgan fingerprint density at radius 3 is 2.81 bits per heavy atom. The van der Waals surface area contributed by atoms with Crippen molar-refractivity contribution in [1.29, 1.82) is 0 Å². The highest BCUT2D eigenvalue weighted by molar-refractivity contribution is 5.38. The fourth-order valence-corrected chi connectivity index (χ4v) is 1.30. The van der Waals surface area contributed by atoms with Crippen LogP contribution in [0.5, 0.6) is 0 Å². The summed E-state index contributed by atoms with van der Waals surface area (Å²) < 4.78 is 13.1. The molecule has 0 atom stereocenters. The van der Waals surface area contributed by atoms with Gasteiger partial charge in [0.15, 0.2) is 11.6 Å². The number of halogens is 1. The highest BCUT2D eigenvalue weighted by Crippen LogP contribution is 2.10. The number of aliphatic hydroxyl groups is 1. The van der Waals surface area contributed by atoms with Crippen LogP contribution in [-0.2, 0) is 0 Å². The minimum absolute atomic E-state index is 0.0594. The minimum Gasteiger partial charge on any atom is -0.396 e. The van der Waals surface area contributed by atoms with Gasteiger partial charge < -0.3 is 16.2 Å². The Balaban J connectivity index is 2.23. The van der Waals surface area contributed by atoms with E-state index < -0.39 is 5.82 Å². The van der Waals surface area contributed by atoms with Crippen LogP contribution in [-0.4, -0.2) is 28.2 Å². The molecule has 1 aromatic rings. The summed E-state index contributed by atoms with van der Waals surface area (Å²) in [6.45, 7) is 0.864. The number of unbranched alkanes of at least 4 members (excludes halogenated alkanes) is 3. The van der Waals surface area contributed by atoms with Crippen molar-refractivity contribution in [2.75, 3.05) is 24.2 Å². The first-order chi connectivity index (χ1) is 7.74. The number of rotatable bonds is 7. The number of nitrogen functional groups attached to an aromatic ring is 1. The molecule has 16 heavy (non-hydrogen) atoms. The summed E-state index contributed by atoms with van der Waals surface area (Å²) in [5.41, 5.74) is 5.34. The second-order valence-electron chi connectivity index (χ2n) is 3.49. The van der Waals surface area contributed by atoms with E-state index in [1.165, 1.54) is 0 Å². The van der Waals surface area contributed by atoms with Crippen molar-refractivity contribution in [2.45, 2.75) is 25.7 Å². The number of anilines is 2. The first kappa shape index (κ1) is 12.6. The Morgan fingerprint density at radius 2 is 2.06 bits per heavy atom. The number of aliphatic hydroxyl groups excluding tert-OH is 1. The van der Waals surface area contributed by atoms with E-state index in [0.717, 1.165) is 31.9 Å². The highest BCUT2D eigenvalue weighted by atomic mass is 19.1. The van der Waals surface area contributed by atoms with Crippen LogP contribution < -0.4 is 11.1 Å². The molecule has 6 heteroatoms. The van der Waals surface area contributed by atoms with E-state index in [2.05, 4.69) is 15.3 Å². The molecule has 0 fully saturated rings. The maximum absolute atomic E-state index is 13.1. The van der Waals surface area contributed by atoms with E-state index in [1.807, 2.05) is 0 Å². The third kappa shape index (κ3) is 4.39. The van der Waals surface area contributed by atoms with Gasteiger partial charge in [-0.25, -0.2) is 9.37 Å². The number of hydrogen-bond donors (Lipinski definition) is 3. The average Bonchev–Trinajstić information content (AvgIpc) is 2.28. The van der Waals surface area contributed by atoms with Gasteiger partial charge in [0.1, 0.15) is 0 Å². The molecule has 0 amide bonds. The van der Waals surface area contributed by atoms with Crippen molar-refractivity contribution in [3.05, 3.63) is 12.0 Å². The molecular weight excluding hydrogens is 211 g/mol. The van der Waals surface area contributed by atoms with Crippen LogP contribution in [0.2, 0.25) is 0 Å². The maximum atomic E-state index is 13.1. The molecule has 1 aromatic heterocycles. The van der Waals surface area contributed by atoms with Crippen LogP contribution in [0.15, 0.2) is 6.20 Å². The van der Waals surface area contributed by atoms with Crippen LogP contribution >= 0.6 is 0 Å². The molecule has 0 aromatic carbocycles. The monoisotopic (exact) mass is 228 g/mol. The summed E-state index contributed by atoms with van der Waals surface area (Å²) in [6.07, 6.45) is 4.75. The van der Waals surface area contributed by atoms with E-state index in [9.17, 15) is 4.39 Å². The molecule has 0 spiro atoms. The third-order valence-electron chi connectivity index (χ3n) is 2.14. The van der Waals surface area contributed by atoms with Crippen molar-refractivity contribution < 1.29 is 9.50 Å². The zero-order chi connectivity index (χ0) is 11.8. The van der Waals surface area contributed by atoms with Gasteiger partial charge in [0.2, 0.25) is 5.95 Å². The lowest BCUT2D eigenvalue weighted by Gasteiger charge is -2.06. The quantitative estimate of drug-likeness (QED) is 0.610. The van der Waals surface area contributed by atoms with Crippen molar-refractivity contribution >= 4 is 11.8 Å². The van der Waals surface area contributed by atoms with Gasteiger partial charge in [0, 0.05) is 13.2 Å². The van der Waals surface area contributed by atoms with E-state index >= 15 is 0 Å². The van der Waals surface area contributed by atoms with E-state index in [1.54, 1.807) is 0 Å². The standard InChI is InChI=1S/C10H17FN4O/c11-8-7-14-10(12)15-9(8)13-5-3-1-2-4-6-16/h7,16H,1-6H2,(H3,12,13,14,15). The third-order valence-corrected chi connectivity index (χ3v) is 2.14. The minimum atomic E-state index is -0.496. The molecule has 0 aliphatic carbocycles. The predicted molar refractivity (Wildman–Crippen MR) is 60.4 cm³/mol. The van der Waals surface area contributed by atoms with Crippen LogP contribution in [0.1, 0.15) is 25.7 Å². The summed E-state index contributed by atoms with van der Waals surface area (Å²) in [5.74, 6) is -0.289. The Bertz CT molecular complexity index is 322. The van der Waals surface area contributed by atoms with Crippen molar-refractivity contribution in [1.82, 2.24) is 9.97 Å². The largest absolute Gasteiger partial charge is 0.396 e. The molecule has 0 aliphatic rings. The molecule has 0 saturated heterocycles. The lowest BCUT2D eigenvalue weighted by molar-refractivity contribution is 0.283. The van der Waals surface area contributed by atoms with E-state index in [4.69, 9.17) is 10.8 Å². The second-order valence-corrected chi connectivity index (χ2v) is 3.49. The number of nitrogens with two attached hydrogens (primary N) is 1. The molecule has 5 nitrogen and oxygen atoms in total. The summed E-state index contributed by atoms with van der Waals surface area (Å²) in [6, 6.07) is 0. The van der Waals surface area contributed by atoms with Gasteiger partial charge in [-0.2, -0.15) is 4.98 Å². The summed E-state index contributed by atoms with van der Waals surface area (Å²) in [4.78, 5) is 7.28. The van der Waals surface area contributed by atoms with Crippen molar-refractivity contribution in [3.8, 4) is 0 Å². The summed E-state index contributed by atoms with van der Waals surface area (Å²) in [7, 11) is 0. The Hall–Kier alpha value is -1.43. The van der Waals surface area contributed by atoms with Gasteiger partial charge in [-0.05, 0) is 12.8 Å². The fourth-order valence-electron chi connectivity index (χ4n) is 1.30. The maximum Gasteiger partial charge on any atom is 0.222 e. The van der Waals surface area contributed by atoms with Gasteiger partial charge in [0.25, 0.3) is 0 Å². The van der Waals surface area contributed by atoms with Crippen LogP contribution in [0.4, 0.5) is 16.2 Å². The molecule has 1 heterocycles. The smallest absolute Gasteiger partial charge is 0.222 e. The van der Waals surface area contributed by atoms with E-state index in [0.29, 0.717) is 6.54 Å². The molecule has 0 aliphatic heterocycles. The fraction of sp³-hybridized carbons (Fsp3) is 0.600. The zero-order valence-electron chi connectivity index (χ0n) is 9.12. The zero-order valence-corrected chi connectivity index (χ0v) is 9.12.